The highest BCUT2D eigenvalue weighted by atomic mass is 35.5. The summed E-state index contributed by atoms with van der Waals surface area (Å²) in [7, 11) is 0. The Balaban J connectivity index is 1.58. The summed E-state index contributed by atoms with van der Waals surface area (Å²) >= 11 is 6.17. The van der Waals surface area contributed by atoms with Crippen molar-refractivity contribution in [2.24, 2.45) is 5.92 Å². The van der Waals surface area contributed by atoms with Crippen molar-refractivity contribution in [2.75, 3.05) is 5.32 Å². The summed E-state index contributed by atoms with van der Waals surface area (Å²) < 4.78 is 18.5. The Morgan fingerprint density at radius 2 is 2.17 bits per heavy atom. The van der Waals surface area contributed by atoms with Crippen LogP contribution in [0.2, 0.25) is 5.02 Å². The molecule has 0 unspecified atom stereocenters. The Morgan fingerprint density at radius 1 is 1.40 bits per heavy atom. The van der Waals surface area contributed by atoms with Crippen LogP contribution in [0, 0.1) is 22.7 Å². The third-order valence-corrected chi connectivity index (χ3v) is 5.85. The number of likely N-dealkylation sites (tertiary alicyclic amines) is 1. The van der Waals surface area contributed by atoms with E-state index >= 15 is 0 Å². The predicted molar refractivity (Wildman–Crippen MR) is 109 cm³/mol. The van der Waals surface area contributed by atoms with E-state index in [0.717, 1.165) is 17.4 Å². The summed E-state index contributed by atoms with van der Waals surface area (Å²) in [6, 6.07) is 4.36. The van der Waals surface area contributed by atoms with E-state index < -0.39 is 11.5 Å². The Bertz CT molecular complexity index is 1040. The number of urea groups is 1. The van der Waals surface area contributed by atoms with Gasteiger partial charge >= 0.3 is 6.03 Å². The maximum Gasteiger partial charge on any atom is 0.322 e. The first-order chi connectivity index (χ1) is 14.2. The number of nitrogens with one attached hydrogen (secondary N) is 3. The molecular formula is C19H21ClFN7O2. The minimum absolute atomic E-state index is 0.00242. The van der Waals surface area contributed by atoms with Crippen LogP contribution in [0.1, 0.15) is 33.1 Å². The molecule has 1 saturated heterocycles. The van der Waals surface area contributed by atoms with Gasteiger partial charge in [0.1, 0.15) is 17.4 Å². The van der Waals surface area contributed by atoms with Crippen LogP contribution < -0.4 is 5.32 Å². The molecule has 1 saturated carbocycles. The lowest BCUT2D eigenvalue weighted by Gasteiger charge is -2.62. The fraction of sp³-hybridized carbons (Fsp3) is 0.421. The highest BCUT2D eigenvalue weighted by Crippen LogP contribution is 2.50. The monoisotopic (exact) mass is 433 g/mol. The highest BCUT2D eigenvalue weighted by molar-refractivity contribution is 6.32. The third-order valence-electron chi connectivity index (χ3n) is 5.53. The average Bonchev–Trinajstić information content (AvgIpc) is 3.08. The van der Waals surface area contributed by atoms with Gasteiger partial charge in [-0.2, -0.15) is 9.49 Å². The molecule has 1 aromatic carbocycles. The molecule has 158 valence electrons. The molecule has 0 radical (unpaired) electrons. The quantitative estimate of drug-likeness (QED) is 0.503. The number of piperidine rings is 1. The van der Waals surface area contributed by atoms with E-state index in [-0.39, 0.29) is 23.9 Å². The fourth-order valence-electron chi connectivity index (χ4n) is 4.50. The summed E-state index contributed by atoms with van der Waals surface area (Å²) in [5.41, 5.74) is -0.0987. The van der Waals surface area contributed by atoms with Crippen LogP contribution in [0.15, 0.2) is 24.4 Å². The molecule has 2 heterocycles. The summed E-state index contributed by atoms with van der Waals surface area (Å²) in [5, 5.41) is 26.4. The van der Waals surface area contributed by atoms with Crippen LogP contribution in [0.4, 0.5) is 14.9 Å². The van der Waals surface area contributed by atoms with Gasteiger partial charge in [0, 0.05) is 25.1 Å². The van der Waals surface area contributed by atoms with Crippen molar-refractivity contribution in [1.29, 1.82) is 10.8 Å². The number of carbonyl (C=O) groups is 1. The standard InChI is InChI=1S/C19H21ClFN7O2/c1-10-5-13-8-19(7-10,17(23)30-11(2)22)27(13)18(29)25-12-3-4-14(20)15(6-12)28-24-9-16(21)26-28/h3-4,6,9-10,13,22-23H,5,7-8H2,1-2H3,(H,25,29)/t10-,13-,19+/m0/s1. The first kappa shape index (κ1) is 20.3. The molecular weight excluding hydrogens is 413 g/mol. The summed E-state index contributed by atoms with van der Waals surface area (Å²) in [4.78, 5) is 15.8. The Hall–Kier alpha value is -3.01. The van der Waals surface area contributed by atoms with Crippen LogP contribution in [0.3, 0.4) is 0 Å². The second kappa shape index (κ2) is 7.35. The second-order valence-electron chi connectivity index (χ2n) is 7.84. The van der Waals surface area contributed by atoms with Gasteiger partial charge in [-0.15, -0.1) is 9.90 Å². The first-order valence-electron chi connectivity index (χ1n) is 9.50. The highest BCUT2D eigenvalue weighted by Gasteiger charge is 2.62. The number of hydrogen-bond acceptors (Lipinski definition) is 6. The molecule has 0 spiro atoms. The lowest BCUT2D eigenvalue weighted by molar-refractivity contribution is -0.0539. The van der Waals surface area contributed by atoms with E-state index in [1.165, 1.54) is 6.92 Å². The molecule has 4 rings (SSSR count). The molecule has 30 heavy (non-hydrogen) atoms. The van der Waals surface area contributed by atoms with Gasteiger partial charge in [-0.3, -0.25) is 10.8 Å². The van der Waals surface area contributed by atoms with Crippen molar-refractivity contribution in [3.8, 4) is 5.69 Å². The van der Waals surface area contributed by atoms with Gasteiger partial charge in [0.2, 0.25) is 5.90 Å². The van der Waals surface area contributed by atoms with Gasteiger partial charge in [0.25, 0.3) is 5.95 Å². The van der Waals surface area contributed by atoms with Gasteiger partial charge in [0.05, 0.1) is 5.02 Å². The van der Waals surface area contributed by atoms with Gasteiger partial charge in [-0.25, -0.2) is 4.79 Å². The van der Waals surface area contributed by atoms with E-state index in [4.69, 9.17) is 27.2 Å². The number of halogens is 2. The number of amides is 2. The molecule has 1 aliphatic heterocycles. The topological polar surface area (TPSA) is 120 Å². The molecule has 2 aliphatic rings. The molecule has 1 aliphatic carbocycles. The van der Waals surface area contributed by atoms with Gasteiger partial charge < -0.3 is 15.0 Å². The Morgan fingerprint density at radius 3 is 2.83 bits per heavy atom. The largest absolute Gasteiger partial charge is 0.428 e. The summed E-state index contributed by atoms with van der Waals surface area (Å²) in [6.45, 7) is 3.54. The number of anilines is 1. The number of nitrogens with zero attached hydrogens (tertiary/aromatic N) is 4. The molecule has 2 fully saturated rings. The molecule has 2 amide bonds. The van der Waals surface area contributed by atoms with Crippen molar-refractivity contribution >= 4 is 35.1 Å². The average molecular weight is 434 g/mol. The number of benzene rings is 1. The van der Waals surface area contributed by atoms with Gasteiger partial charge in [-0.05, 0) is 37.0 Å². The van der Waals surface area contributed by atoms with E-state index in [1.807, 2.05) is 0 Å². The van der Waals surface area contributed by atoms with Crippen molar-refractivity contribution in [3.63, 3.8) is 0 Å². The van der Waals surface area contributed by atoms with Crippen molar-refractivity contribution in [2.45, 2.75) is 44.7 Å². The van der Waals surface area contributed by atoms with Crippen LogP contribution in [-0.2, 0) is 4.74 Å². The zero-order valence-corrected chi connectivity index (χ0v) is 17.2. The summed E-state index contributed by atoms with van der Waals surface area (Å²) in [5.74, 6) is -0.575. The van der Waals surface area contributed by atoms with Crippen molar-refractivity contribution in [1.82, 2.24) is 19.9 Å². The molecule has 3 N–H and O–H groups in total. The van der Waals surface area contributed by atoms with Crippen LogP contribution in [-0.4, -0.2) is 49.3 Å². The Kier molecular flexibility index (Phi) is 4.97. The minimum Gasteiger partial charge on any atom is -0.428 e. The molecule has 2 bridgehead atoms. The van der Waals surface area contributed by atoms with Crippen LogP contribution in [0.25, 0.3) is 5.69 Å². The molecule has 3 atom stereocenters. The number of ether oxygens (including phenoxy) is 1. The lowest BCUT2D eigenvalue weighted by atomic mass is 9.64. The van der Waals surface area contributed by atoms with E-state index in [2.05, 4.69) is 22.4 Å². The van der Waals surface area contributed by atoms with E-state index in [9.17, 15) is 9.18 Å². The third kappa shape index (κ3) is 3.41. The second-order valence-corrected chi connectivity index (χ2v) is 8.25. The number of rotatable bonds is 3. The normalized spacial score (nSPS) is 24.7. The van der Waals surface area contributed by atoms with Gasteiger partial charge in [0.15, 0.2) is 5.90 Å². The smallest absolute Gasteiger partial charge is 0.322 e. The maximum absolute atomic E-state index is 13.2. The molecule has 9 nitrogen and oxygen atoms in total. The number of fused-ring (bicyclic) bond motifs is 2. The van der Waals surface area contributed by atoms with Gasteiger partial charge in [-0.1, -0.05) is 18.5 Å². The molecule has 11 heteroatoms. The van der Waals surface area contributed by atoms with Crippen molar-refractivity contribution < 1.29 is 13.9 Å². The maximum atomic E-state index is 13.2. The van der Waals surface area contributed by atoms with Crippen LogP contribution >= 0.6 is 11.6 Å². The zero-order valence-electron chi connectivity index (χ0n) is 16.4. The molecule has 2 aromatic rings. The SMILES string of the molecule is CC(=N)OC(=N)[C@@]12C[C@@H](C)C[C@@H](C1)N2C(=O)Nc1ccc(Cl)c(-n2ncc(F)n2)c1. The Labute approximate surface area is 177 Å². The minimum atomic E-state index is -0.851. The number of hydrogen-bond donors (Lipinski definition) is 3. The zero-order chi connectivity index (χ0) is 21.6. The fourth-order valence-corrected chi connectivity index (χ4v) is 4.70. The molecule has 1 aromatic heterocycles. The summed E-state index contributed by atoms with van der Waals surface area (Å²) in [6.07, 6.45) is 3.05. The van der Waals surface area contributed by atoms with Crippen LogP contribution in [0.5, 0.6) is 0 Å². The van der Waals surface area contributed by atoms with E-state index in [0.29, 0.717) is 35.2 Å². The van der Waals surface area contributed by atoms with E-state index in [1.54, 1.807) is 23.1 Å². The first-order valence-corrected chi connectivity index (χ1v) is 9.87. The number of aromatic nitrogens is 3. The number of carbonyl (C=O) groups excluding carboxylic acids is 1. The predicted octanol–water partition coefficient (Wildman–Crippen LogP) is 3.83. The lowest BCUT2D eigenvalue weighted by Crippen LogP contribution is -2.75. The van der Waals surface area contributed by atoms with Crippen molar-refractivity contribution in [3.05, 3.63) is 35.4 Å².